The monoisotopic (exact) mass is 355 g/mol. The van der Waals surface area contributed by atoms with E-state index in [2.05, 4.69) is 45.1 Å². The van der Waals surface area contributed by atoms with E-state index in [1.165, 1.54) is 23.2 Å². The number of nitrogens with zero attached hydrogens (tertiary/aromatic N) is 5. The number of halogens is 1. The summed E-state index contributed by atoms with van der Waals surface area (Å²) in [4.78, 5) is 11.2. The van der Waals surface area contributed by atoms with Gasteiger partial charge in [0.05, 0.1) is 5.69 Å². The van der Waals surface area contributed by atoms with E-state index in [4.69, 9.17) is 11.6 Å². The number of hydrogen-bond donors (Lipinski definition) is 0. The second-order valence-corrected chi connectivity index (χ2v) is 7.37. The van der Waals surface area contributed by atoms with Crippen molar-refractivity contribution in [2.75, 3.05) is 13.1 Å². The zero-order valence-electron chi connectivity index (χ0n) is 14.6. The van der Waals surface area contributed by atoms with Crippen LogP contribution in [0.15, 0.2) is 30.6 Å². The van der Waals surface area contributed by atoms with E-state index in [9.17, 15) is 0 Å². The molecule has 0 N–H and O–H groups in total. The highest BCUT2D eigenvalue weighted by Crippen LogP contribution is 2.29. The van der Waals surface area contributed by atoms with E-state index in [0.717, 1.165) is 36.8 Å². The molecular formula is C19H22ClN5. The van der Waals surface area contributed by atoms with Crippen molar-refractivity contribution in [1.82, 2.24) is 24.5 Å². The summed E-state index contributed by atoms with van der Waals surface area (Å²) in [5.41, 5.74) is 4.66. The molecule has 130 valence electrons. The van der Waals surface area contributed by atoms with Crippen LogP contribution in [-0.4, -0.2) is 37.6 Å². The number of hydrogen-bond acceptors (Lipinski definition) is 4. The fourth-order valence-electron chi connectivity index (χ4n) is 3.76. The number of aromatic nitrogens is 4. The van der Waals surface area contributed by atoms with Crippen molar-refractivity contribution in [3.8, 4) is 0 Å². The van der Waals surface area contributed by atoms with Gasteiger partial charge in [-0.15, -0.1) is 0 Å². The Morgan fingerprint density at radius 1 is 1.24 bits per heavy atom. The van der Waals surface area contributed by atoms with Gasteiger partial charge in [0, 0.05) is 29.7 Å². The summed E-state index contributed by atoms with van der Waals surface area (Å²) in [6, 6.07) is 8.40. The Bertz CT molecular complexity index is 904. The van der Waals surface area contributed by atoms with Gasteiger partial charge < -0.3 is 0 Å². The van der Waals surface area contributed by atoms with Crippen molar-refractivity contribution >= 4 is 17.4 Å². The number of rotatable bonds is 3. The van der Waals surface area contributed by atoms with Gasteiger partial charge in [0.15, 0.2) is 0 Å². The van der Waals surface area contributed by atoms with Gasteiger partial charge in [0.2, 0.25) is 0 Å². The molecule has 6 heteroatoms. The molecule has 1 fully saturated rings. The maximum absolute atomic E-state index is 6.40. The molecule has 0 saturated carbocycles. The molecule has 1 saturated heterocycles. The Morgan fingerprint density at radius 3 is 3.00 bits per heavy atom. The van der Waals surface area contributed by atoms with E-state index in [1.807, 2.05) is 17.5 Å². The van der Waals surface area contributed by atoms with Gasteiger partial charge in [-0.3, -0.25) is 4.90 Å². The van der Waals surface area contributed by atoms with Gasteiger partial charge in [0.1, 0.15) is 6.33 Å². The van der Waals surface area contributed by atoms with Crippen molar-refractivity contribution in [1.29, 1.82) is 0 Å². The third-order valence-electron chi connectivity index (χ3n) is 4.93. The van der Waals surface area contributed by atoms with Crippen molar-refractivity contribution in [2.45, 2.75) is 39.2 Å². The number of fused-ring (bicyclic) bond motifs is 1. The summed E-state index contributed by atoms with van der Waals surface area (Å²) in [5.74, 6) is 1.12. The molecular weight excluding hydrogens is 334 g/mol. The molecule has 5 nitrogen and oxygen atoms in total. The second kappa shape index (κ2) is 6.73. The van der Waals surface area contributed by atoms with Crippen molar-refractivity contribution in [2.24, 2.45) is 0 Å². The van der Waals surface area contributed by atoms with E-state index in [1.54, 1.807) is 6.33 Å². The average Bonchev–Trinajstić information content (AvgIpc) is 3.06. The Balaban J connectivity index is 1.58. The third kappa shape index (κ3) is 3.39. The normalized spacial score (nSPS) is 18.8. The summed E-state index contributed by atoms with van der Waals surface area (Å²) in [6.07, 6.45) is 3.92. The molecule has 3 heterocycles. The fraction of sp³-hybridized carbons (Fsp3) is 0.421. The van der Waals surface area contributed by atoms with E-state index < -0.39 is 0 Å². The lowest BCUT2D eigenvalue weighted by molar-refractivity contribution is 0.197. The fourth-order valence-corrected chi connectivity index (χ4v) is 3.93. The standard InChI is InChI=1S/C19H22ClN5/c1-13-5-6-17(20)16(8-13)11-24-7-3-4-15(10-24)18-9-14(2)23-19-21-12-22-25(18)19/h5-6,8-9,12,15H,3-4,7,10-11H2,1-2H3. The van der Waals surface area contributed by atoms with Crippen molar-refractivity contribution in [3.05, 3.63) is 58.1 Å². The van der Waals surface area contributed by atoms with Crippen molar-refractivity contribution < 1.29 is 0 Å². The van der Waals surface area contributed by atoms with Gasteiger partial charge in [-0.05, 0) is 50.9 Å². The number of benzene rings is 1. The summed E-state index contributed by atoms with van der Waals surface area (Å²) in [6.45, 7) is 7.13. The van der Waals surface area contributed by atoms with Crippen LogP contribution in [-0.2, 0) is 6.54 Å². The minimum Gasteiger partial charge on any atom is -0.298 e. The molecule has 3 aromatic rings. The highest BCUT2D eigenvalue weighted by molar-refractivity contribution is 6.31. The maximum atomic E-state index is 6.40. The molecule has 1 aliphatic heterocycles. The smallest absolute Gasteiger partial charge is 0.252 e. The van der Waals surface area contributed by atoms with E-state index in [0.29, 0.717) is 11.7 Å². The molecule has 2 aromatic heterocycles. The summed E-state index contributed by atoms with van der Waals surface area (Å²) in [7, 11) is 0. The highest BCUT2D eigenvalue weighted by Gasteiger charge is 2.24. The molecule has 4 rings (SSSR count). The molecule has 0 aliphatic carbocycles. The maximum Gasteiger partial charge on any atom is 0.252 e. The third-order valence-corrected chi connectivity index (χ3v) is 5.30. The first-order chi connectivity index (χ1) is 12.1. The lowest BCUT2D eigenvalue weighted by atomic mass is 9.93. The molecule has 1 unspecified atom stereocenters. The molecule has 0 bridgehead atoms. The Kier molecular flexibility index (Phi) is 4.44. The predicted molar refractivity (Wildman–Crippen MR) is 99.0 cm³/mol. The molecule has 1 aliphatic rings. The van der Waals surface area contributed by atoms with Crippen LogP contribution in [0.3, 0.4) is 0 Å². The largest absolute Gasteiger partial charge is 0.298 e. The Hall–Kier alpha value is -1.98. The number of piperidine rings is 1. The predicted octanol–water partition coefficient (Wildman–Crippen LogP) is 3.77. The summed E-state index contributed by atoms with van der Waals surface area (Å²) < 4.78 is 1.89. The van der Waals surface area contributed by atoms with Crippen LogP contribution in [0.5, 0.6) is 0 Å². The summed E-state index contributed by atoms with van der Waals surface area (Å²) in [5, 5.41) is 5.23. The average molecular weight is 356 g/mol. The molecule has 0 amide bonds. The lowest BCUT2D eigenvalue weighted by Gasteiger charge is -2.33. The number of aryl methyl sites for hydroxylation is 2. The molecule has 1 atom stereocenters. The van der Waals surface area contributed by atoms with Gasteiger partial charge in [-0.25, -0.2) is 9.50 Å². The zero-order chi connectivity index (χ0) is 17.4. The van der Waals surface area contributed by atoms with E-state index in [-0.39, 0.29) is 0 Å². The van der Waals surface area contributed by atoms with Crippen molar-refractivity contribution in [3.63, 3.8) is 0 Å². The Morgan fingerprint density at radius 2 is 2.12 bits per heavy atom. The topological polar surface area (TPSA) is 46.3 Å². The van der Waals surface area contributed by atoms with Crippen LogP contribution >= 0.6 is 11.6 Å². The van der Waals surface area contributed by atoms with Crippen LogP contribution in [0.1, 0.15) is 41.3 Å². The SMILES string of the molecule is Cc1ccc(Cl)c(CN2CCCC(c3cc(C)nc4ncnn34)C2)c1. The van der Waals surface area contributed by atoms with Crippen LogP contribution in [0, 0.1) is 13.8 Å². The molecule has 25 heavy (non-hydrogen) atoms. The summed E-state index contributed by atoms with van der Waals surface area (Å²) >= 11 is 6.40. The molecule has 0 spiro atoms. The zero-order valence-corrected chi connectivity index (χ0v) is 15.4. The van der Waals surface area contributed by atoms with Gasteiger partial charge >= 0.3 is 0 Å². The molecule has 0 radical (unpaired) electrons. The number of likely N-dealkylation sites (tertiary alicyclic amines) is 1. The lowest BCUT2D eigenvalue weighted by Crippen LogP contribution is -2.34. The van der Waals surface area contributed by atoms with Crippen LogP contribution in [0.2, 0.25) is 5.02 Å². The van der Waals surface area contributed by atoms with Gasteiger partial charge in [0.25, 0.3) is 5.78 Å². The minimum atomic E-state index is 0.434. The first-order valence-electron chi connectivity index (χ1n) is 8.75. The first kappa shape index (κ1) is 16.5. The quantitative estimate of drug-likeness (QED) is 0.717. The van der Waals surface area contributed by atoms with Crippen LogP contribution in [0.25, 0.3) is 5.78 Å². The van der Waals surface area contributed by atoms with Gasteiger partial charge in [-0.1, -0.05) is 29.3 Å². The van der Waals surface area contributed by atoms with Gasteiger partial charge in [-0.2, -0.15) is 10.1 Å². The second-order valence-electron chi connectivity index (χ2n) is 6.96. The minimum absolute atomic E-state index is 0.434. The van der Waals surface area contributed by atoms with E-state index >= 15 is 0 Å². The Labute approximate surface area is 152 Å². The van der Waals surface area contributed by atoms with Crippen LogP contribution in [0.4, 0.5) is 0 Å². The van der Waals surface area contributed by atoms with Crippen LogP contribution < -0.4 is 0 Å². The first-order valence-corrected chi connectivity index (χ1v) is 9.12. The molecule has 1 aromatic carbocycles. The highest BCUT2D eigenvalue weighted by atomic mass is 35.5.